The largest absolute Gasteiger partial charge is 0.486 e. The predicted molar refractivity (Wildman–Crippen MR) is 163 cm³/mol. The van der Waals surface area contributed by atoms with E-state index < -0.39 is 18.7 Å². The van der Waals surface area contributed by atoms with Crippen molar-refractivity contribution in [3.8, 4) is 5.75 Å². The lowest BCUT2D eigenvalue weighted by molar-refractivity contribution is -0.181. The average molecular weight is 608 g/mol. The Hall–Kier alpha value is -4.61. The second kappa shape index (κ2) is 14.2. The zero-order valence-electron chi connectivity index (χ0n) is 24.3. The summed E-state index contributed by atoms with van der Waals surface area (Å²) in [6, 6.07) is 19.4. The molecule has 3 aromatic rings. The van der Waals surface area contributed by atoms with E-state index in [9.17, 15) is 23.6 Å². The number of alkyl halides is 1. The Morgan fingerprint density at radius 1 is 0.955 bits per heavy atom. The van der Waals surface area contributed by atoms with Gasteiger partial charge in [-0.2, -0.15) is 0 Å². The van der Waals surface area contributed by atoms with E-state index in [1.165, 1.54) is 13.1 Å². The van der Waals surface area contributed by atoms with Crippen LogP contribution < -0.4 is 20.7 Å². The molecule has 234 valence electrons. The highest BCUT2D eigenvalue weighted by atomic mass is 19.1. The van der Waals surface area contributed by atoms with Gasteiger partial charge in [-0.25, -0.2) is 4.39 Å². The van der Waals surface area contributed by atoms with Gasteiger partial charge in [-0.05, 0) is 42.7 Å². The fourth-order valence-corrected chi connectivity index (χ4v) is 5.44. The van der Waals surface area contributed by atoms with Gasteiger partial charge in [0.1, 0.15) is 18.5 Å². The maximum absolute atomic E-state index is 13.9. The molecule has 0 saturated carbocycles. The van der Waals surface area contributed by atoms with E-state index in [1.54, 1.807) is 30.3 Å². The summed E-state index contributed by atoms with van der Waals surface area (Å²) in [4.78, 5) is 47.4. The summed E-state index contributed by atoms with van der Waals surface area (Å²) >= 11 is 0. The topological polar surface area (TPSA) is 132 Å². The maximum Gasteiger partial charge on any atom is 0.258 e. The Kier molecular flexibility index (Phi) is 9.98. The van der Waals surface area contributed by atoms with Gasteiger partial charge in [0.05, 0.1) is 35.8 Å². The number of benzene rings is 3. The van der Waals surface area contributed by atoms with Crippen LogP contribution in [-0.2, 0) is 9.47 Å². The molecule has 3 aliphatic rings. The molecular formula is C33H38FN3O7. The third-order valence-corrected chi connectivity index (χ3v) is 7.58. The Balaban J connectivity index is 0.000000373. The molecule has 0 spiro atoms. The zero-order chi connectivity index (χ0) is 31.1. The molecule has 3 heterocycles. The molecular weight excluding hydrogens is 569 g/mol. The van der Waals surface area contributed by atoms with E-state index in [-0.39, 0.29) is 38.3 Å². The Morgan fingerprint density at radius 3 is 2.25 bits per heavy atom. The monoisotopic (exact) mass is 607 g/mol. The molecule has 4 amide bonds. The van der Waals surface area contributed by atoms with Gasteiger partial charge in [0.15, 0.2) is 6.29 Å². The van der Waals surface area contributed by atoms with Crippen molar-refractivity contribution in [1.29, 1.82) is 0 Å². The molecule has 3 N–H and O–H groups in total. The van der Waals surface area contributed by atoms with Crippen LogP contribution in [0.1, 0.15) is 80.6 Å². The number of hydrogen-bond acceptors (Lipinski definition) is 7. The quantitative estimate of drug-likeness (QED) is 0.258. The van der Waals surface area contributed by atoms with Crippen LogP contribution in [0.2, 0.25) is 0 Å². The summed E-state index contributed by atoms with van der Waals surface area (Å²) < 4.78 is 30.8. The van der Waals surface area contributed by atoms with E-state index >= 15 is 0 Å². The summed E-state index contributed by atoms with van der Waals surface area (Å²) in [7, 11) is 1.51. The molecule has 10 nitrogen and oxygen atoms in total. The smallest absolute Gasteiger partial charge is 0.258 e. The van der Waals surface area contributed by atoms with E-state index in [4.69, 9.17) is 14.2 Å². The standard InChI is InChI=1S/C25H29FN2O5.C8H5NO2.2H2/c1-27-25(30)19-14-17(24(29)28-10-5-9-21-31-11-6-12-32-21)13-18-22(16-7-3-2-4-8-16)20(15-26)33-23(18)19;10-7-5-3-1-2-4-6(5)8(11)9-7;;/h2-4,7-8,13-14,20-22H,5-6,9-12,15H2,1H3,(H,27,30)(H,28,29);1-4H,(H,9,10,11);2*1H/t20-,22+;;;/m1.../s1. The van der Waals surface area contributed by atoms with Crippen LogP contribution in [0.3, 0.4) is 0 Å². The molecule has 0 aliphatic carbocycles. The van der Waals surface area contributed by atoms with E-state index in [1.807, 2.05) is 30.3 Å². The number of imide groups is 1. The summed E-state index contributed by atoms with van der Waals surface area (Å²) in [5, 5.41) is 7.68. The number of fused-ring (bicyclic) bond motifs is 2. The number of hydrogen-bond donors (Lipinski definition) is 3. The average Bonchev–Trinajstić information content (AvgIpc) is 3.59. The van der Waals surface area contributed by atoms with Crippen molar-refractivity contribution in [2.24, 2.45) is 0 Å². The molecule has 11 heteroatoms. The highest BCUT2D eigenvalue weighted by Gasteiger charge is 2.39. The fraction of sp³-hybridized carbons (Fsp3) is 0.333. The number of nitrogens with one attached hydrogen (secondary N) is 3. The minimum Gasteiger partial charge on any atom is -0.486 e. The van der Waals surface area contributed by atoms with E-state index in [0.717, 1.165) is 12.0 Å². The molecule has 3 aromatic carbocycles. The van der Waals surface area contributed by atoms with Crippen molar-refractivity contribution < 1.29 is 40.6 Å². The molecule has 3 aliphatic heterocycles. The highest BCUT2D eigenvalue weighted by Crippen LogP contribution is 2.45. The van der Waals surface area contributed by atoms with Crippen LogP contribution in [0.5, 0.6) is 5.75 Å². The van der Waals surface area contributed by atoms with Gasteiger partial charge in [-0.15, -0.1) is 0 Å². The summed E-state index contributed by atoms with van der Waals surface area (Å²) in [5.74, 6) is -1.38. The summed E-state index contributed by atoms with van der Waals surface area (Å²) in [5.41, 5.74) is 3.00. The second-order valence-electron chi connectivity index (χ2n) is 10.5. The molecule has 0 bridgehead atoms. The minimum atomic E-state index is -0.764. The van der Waals surface area contributed by atoms with Crippen LogP contribution in [-0.4, -0.2) is 69.5 Å². The fourth-order valence-electron chi connectivity index (χ4n) is 5.44. The summed E-state index contributed by atoms with van der Waals surface area (Å²) in [6.45, 7) is 1.12. The second-order valence-corrected chi connectivity index (χ2v) is 10.5. The van der Waals surface area contributed by atoms with Crippen molar-refractivity contribution >= 4 is 23.6 Å². The van der Waals surface area contributed by atoms with Gasteiger partial charge in [-0.1, -0.05) is 42.5 Å². The SMILES string of the molecule is CNC(=O)c1cc(C(=O)NCCCC2OCCCO2)cc2c1O[C@H](CF)[C@H]2c1ccccc1.O=C1NC(=O)c2ccccc21.[HH].[HH]. The molecule has 6 rings (SSSR count). The first-order chi connectivity index (χ1) is 21.4. The normalized spacial score (nSPS) is 18.7. The van der Waals surface area contributed by atoms with Crippen molar-refractivity contribution in [3.05, 3.63) is 100 Å². The van der Waals surface area contributed by atoms with Gasteiger partial charge in [0.2, 0.25) is 0 Å². The Morgan fingerprint density at radius 2 is 1.61 bits per heavy atom. The van der Waals surface area contributed by atoms with Crippen LogP contribution in [0.4, 0.5) is 4.39 Å². The number of halogens is 1. The first-order valence-corrected chi connectivity index (χ1v) is 14.5. The molecule has 0 aromatic heterocycles. The number of carbonyl (C=O) groups excluding carboxylic acids is 4. The van der Waals surface area contributed by atoms with Gasteiger partial charge in [-0.3, -0.25) is 24.5 Å². The number of ether oxygens (including phenoxy) is 3. The molecule has 1 saturated heterocycles. The van der Waals surface area contributed by atoms with Gasteiger partial charge >= 0.3 is 0 Å². The first-order valence-electron chi connectivity index (χ1n) is 14.5. The third kappa shape index (κ3) is 6.79. The maximum atomic E-state index is 13.9. The Labute approximate surface area is 257 Å². The van der Waals surface area contributed by atoms with Gasteiger partial charge in [0.25, 0.3) is 23.6 Å². The van der Waals surface area contributed by atoms with E-state index in [0.29, 0.717) is 60.6 Å². The predicted octanol–water partition coefficient (Wildman–Crippen LogP) is 4.24. The highest BCUT2D eigenvalue weighted by molar-refractivity contribution is 6.21. The number of amides is 4. The van der Waals surface area contributed by atoms with Crippen LogP contribution in [0.15, 0.2) is 66.7 Å². The number of carbonyl (C=O) groups is 4. The van der Waals surface area contributed by atoms with Crippen LogP contribution in [0.25, 0.3) is 0 Å². The van der Waals surface area contributed by atoms with Crippen molar-refractivity contribution in [2.75, 3.05) is 33.5 Å². The Bertz CT molecular complexity index is 1500. The molecule has 44 heavy (non-hydrogen) atoms. The zero-order valence-corrected chi connectivity index (χ0v) is 24.3. The lowest BCUT2D eigenvalue weighted by Gasteiger charge is -2.23. The van der Waals surface area contributed by atoms with Crippen molar-refractivity contribution in [2.45, 2.75) is 37.6 Å². The van der Waals surface area contributed by atoms with Crippen molar-refractivity contribution in [1.82, 2.24) is 16.0 Å². The van der Waals surface area contributed by atoms with Crippen LogP contribution >= 0.6 is 0 Å². The van der Waals surface area contributed by atoms with Gasteiger partial charge in [0, 0.05) is 34.0 Å². The number of rotatable bonds is 8. The lowest BCUT2D eigenvalue weighted by atomic mass is 9.86. The van der Waals surface area contributed by atoms with Gasteiger partial charge < -0.3 is 24.8 Å². The first kappa shape index (κ1) is 30.8. The minimum absolute atomic E-state index is 0. The molecule has 0 radical (unpaired) electrons. The van der Waals surface area contributed by atoms with E-state index in [2.05, 4.69) is 16.0 Å². The van der Waals surface area contributed by atoms with Crippen LogP contribution in [0, 0.1) is 0 Å². The lowest BCUT2D eigenvalue weighted by Crippen LogP contribution is -2.28. The van der Waals surface area contributed by atoms with Crippen molar-refractivity contribution in [3.63, 3.8) is 0 Å². The molecule has 1 fully saturated rings. The molecule has 2 atom stereocenters. The molecule has 0 unspecified atom stereocenters. The third-order valence-electron chi connectivity index (χ3n) is 7.58. The summed E-state index contributed by atoms with van der Waals surface area (Å²) in [6.07, 6.45) is 1.30.